The van der Waals surface area contributed by atoms with Gasteiger partial charge in [0.15, 0.2) is 18.9 Å². The molecule has 15 nitrogen and oxygen atoms in total. The number of hydrogen-bond acceptors (Lipinski definition) is 15. The molecule has 0 aromatic carbocycles. The molecule has 3 aliphatic rings. The van der Waals surface area contributed by atoms with E-state index in [9.17, 15) is 51.1 Å². The van der Waals surface area contributed by atoms with Gasteiger partial charge in [0.25, 0.3) is 0 Å². The minimum absolute atomic E-state index is 0.241. The average molecular weight is 488 g/mol. The summed E-state index contributed by atoms with van der Waals surface area (Å²) in [5.74, 6) is 0. The molecule has 0 unspecified atom stereocenters. The first kappa shape index (κ1) is 27.0. The summed E-state index contributed by atoms with van der Waals surface area (Å²) in [5.41, 5.74) is 0. The lowest BCUT2D eigenvalue weighted by Gasteiger charge is -2.46. The van der Waals surface area contributed by atoms with E-state index in [-0.39, 0.29) is 6.42 Å². The number of rotatable bonds is 7. The Morgan fingerprint density at radius 1 is 0.545 bits per heavy atom. The fourth-order valence-electron chi connectivity index (χ4n) is 3.97. The third-order valence-corrected chi connectivity index (χ3v) is 5.96. The van der Waals surface area contributed by atoms with Gasteiger partial charge >= 0.3 is 0 Å². The molecule has 10 N–H and O–H groups in total. The fraction of sp³-hybridized carbons (Fsp3) is 1.00. The van der Waals surface area contributed by atoms with Crippen LogP contribution >= 0.6 is 0 Å². The zero-order valence-corrected chi connectivity index (χ0v) is 17.4. The summed E-state index contributed by atoms with van der Waals surface area (Å²) >= 11 is 0. The Hall–Kier alpha value is -0.600. The Labute approximate surface area is 187 Å². The van der Waals surface area contributed by atoms with Gasteiger partial charge in [-0.05, 0) is 0 Å². The highest BCUT2D eigenvalue weighted by atomic mass is 16.8. The van der Waals surface area contributed by atoms with Gasteiger partial charge in [0, 0.05) is 6.42 Å². The topological polar surface area (TPSA) is 248 Å². The van der Waals surface area contributed by atoms with Crippen molar-refractivity contribution in [1.29, 1.82) is 0 Å². The van der Waals surface area contributed by atoms with E-state index in [1.54, 1.807) is 0 Å². The largest absolute Gasteiger partial charge is 0.394 e. The second-order valence-electron chi connectivity index (χ2n) is 8.22. The van der Waals surface area contributed by atoms with Gasteiger partial charge in [-0.25, -0.2) is 0 Å². The van der Waals surface area contributed by atoms with Crippen molar-refractivity contribution in [3.8, 4) is 0 Å². The van der Waals surface area contributed by atoms with E-state index in [2.05, 4.69) is 0 Å². The molecule has 0 radical (unpaired) electrons. The van der Waals surface area contributed by atoms with Crippen molar-refractivity contribution in [2.45, 2.75) is 92.4 Å². The monoisotopic (exact) mass is 488 g/mol. The van der Waals surface area contributed by atoms with Gasteiger partial charge in [-0.1, -0.05) is 0 Å². The minimum Gasteiger partial charge on any atom is -0.394 e. The second kappa shape index (κ2) is 11.4. The second-order valence-corrected chi connectivity index (χ2v) is 8.22. The van der Waals surface area contributed by atoms with Crippen LogP contribution in [0.2, 0.25) is 0 Å². The first-order chi connectivity index (χ1) is 15.6. The Balaban J connectivity index is 1.66. The third-order valence-electron chi connectivity index (χ3n) is 5.96. The molecule has 33 heavy (non-hydrogen) atoms. The minimum atomic E-state index is -1.79. The molecule has 3 aliphatic heterocycles. The van der Waals surface area contributed by atoms with Gasteiger partial charge in [-0.2, -0.15) is 0 Å². The Morgan fingerprint density at radius 3 is 1.67 bits per heavy atom. The van der Waals surface area contributed by atoms with Crippen LogP contribution in [-0.2, 0) is 23.7 Å². The van der Waals surface area contributed by atoms with E-state index < -0.39 is 106 Å². The molecule has 0 saturated carbocycles. The van der Waals surface area contributed by atoms with Gasteiger partial charge < -0.3 is 74.7 Å². The quantitative estimate of drug-likeness (QED) is 0.160. The molecule has 0 aromatic rings. The van der Waals surface area contributed by atoms with Crippen LogP contribution in [0.25, 0.3) is 0 Å². The molecule has 0 aromatic heterocycles. The normalized spacial score (nSPS) is 51.5. The van der Waals surface area contributed by atoms with Crippen LogP contribution in [0.5, 0.6) is 0 Å². The summed E-state index contributed by atoms with van der Waals surface area (Å²) in [6.45, 7) is -2.09. The van der Waals surface area contributed by atoms with E-state index in [0.717, 1.165) is 0 Å². The zero-order chi connectivity index (χ0) is 24.4. The molecule has 0 aliphatic carbocycles. The van der Waals surface area contributed by atoms with Crippen LogP contribution in [0.1, 0.15) is 6.42 Å². The van der Waals surface area contributed by atoms with E-state index in [1.807, 2.05) is 0 Å². The van der Waals surface area contributed by atoms with E-state index in [0.29, 0.717) is 0 Å². The van der Waals surface area contributed by atoms with Crippen LogP contribution in [0.4, 0.5) is 0 Å². The van der Waals surface area contributed by atoms with E-state index >= 15 is 0 Å². The van der Waals surface area contributed by atoms with Gasteiger partial charge in [0.1, 0.15) is 61.0 Å². The molecular formula is C18H32O15. The van der Waals surface area contributed by atoms with Crippen molar-refractivity contribution in [3.63, 3.8) is 0 Å². The van der Waals surface area contributed by atoms with Crippen LogP contribution in [0.3, 0.4) is 0 Å². The van der Waals surface area contributed by atoms with Crippen LogP contribution < -0.4 is 0 Å². The maximum Gasteiger partial charge on any atom is 0.189 e. The number of ether oxygens (including phenoxy) is 5. The summed E-state index contributed by atoms with van der Waals surface area (Å²) in [6, 6.07) is 0. The number of aliphatic hydroxyl groups is 10. The van der Waals surface area contributed by atoms with Gasteiger partial charge in [-0.15, -0.1) is 0 Å². The molecule has 0 bridgehead atoms. The standard InChI is InChI=1S/C18H32O15/c19-2-6-10(23)5(22)1-9(29-6)32-17-15(28)13(26)16(8(4-21)31-17)33-18-14(27)12(25)11(24)7(3-20)30-18/h5-28H,1-4H2/t5-,6-,7-,8-,9-,10+,11+,12+,13-,14-,15-,16-,17+,18+/m1/s1. The first-order valence-electron chi connectivity index (χ1n) is 10.5. The summed E-state index contributed by atoms with van der Waals surface area (Å²) in [6.07, 6.45) is -21.4. The highest BCUT2D eigenvalue weighted by Crippen LogP contribution is 2.31. The maximum absolute atomic E-state index is 10.6. The number of aliphatic hydroxyl groups excluding tert-OH is 10. The molecule has 3 rings (SSSR count). The van der Waals surface area contributed by atoms with Gasteiger partial charge in [0.05, 0.1) is 25.9 Å². The summed E-state index contributed by atoms with van der Waals surface area (Å²) in [4.78, 5) is 0. The molecular weight excluding hydrogens is 456 g/mol. The highest BCUT2D eigenvalue weighted by molar-refractivity contribution is 4.94. The van der Waals surface area contributed by atoms with Crippen molar-refractivity contribution >= 4 is 0 Å². The lowest BCUT2D eigenvalue weighted by atomic mass is 9.97. The smallest absolute Gasteiger partial charge is 0.189 e. The van der Waals surface area contributed by atoms with Gasteiger partial charge in [-0.3, -0.25) is 0 Å². The predicted octanol–water partition coefficient (Wildman–Crippen LogP) is -6.54. The van der Waals surface area contributed by atoms with Crippen LogP contribution in [0.15, 0.2) is 0 Å². The molecule has 194 valence electrons. The molecule has 0 amide bonds. The maximum atomic E-state index is 10.6. The highest BCUT2D eigenvalue weighted by Gasteiger charge is 2.51. The Bertz CT molecular complexity index is 607. The first-order valence-corrected chi connectivity index (χ1v) is 10.5. The fourth-order valence-corrected chi connectivity index (χ4v) is 3.97. The molecule has 0 spiro atoms. The van der Waals surface area contributed by atoms with Gasteiger partial charge in [0.2, 0.25) is 0 Å². The van der Waals surface area contributed by atoms with Crippen molar-refractivity contribution in [1.82, 2.24) is 0 Å². The Kier molecular flexibility index (Phi) is 9.35. The summed E-state index contributed by atoms with van der Waals surface area (Å²) < 4.78 is 26.8. The van der Waals surface area contributed by atoms with Crippen molar-refractivity contribution in [2.24, 2.45) is 0 Å². The molecule has 3 fully saturated rings. The van der Waals surface area contributed by atoms with Crippen LogP contribution in [-0.4, -0.2) is 157 Å². The third kappa shape index (κ3) is 5.64. The predicted molar refractivity (Wildman–Crippen MR) is 99.9 cm³/mol. The lowest BCUT2D eigenvalue weighted by molar-refractivity contribution is -0.381. The molecule has 3 saturated heterocycles. The van der Waals surface area contributed by atoms with Crippen molar-refractivity contribution in [2.75, 3.05) is 19.8 Å². The zero-order valence-electron chi connectivity index (χ0n) is 17.4. The SMILES string of the molecule is OC[C@H]1O[C@@H](O[C@H]2[C@H](O)[C@@H](O)[C@H](O[C@@H]3C[C@@H](O)[C@H](O)[C@@H](CO)O3)O[C@@H]2CO)[C@H](O)[C@@H](O)[C@H]1O. The van der Waals surface area contributed by atoms with Crippen LogP contribution in [0, 0.1) is 0 Å². The molecule has 15 heteroatoms. The summed E-state index contributed by atoms with van der Waals surface area (Å²) in [7, 11) is 0. The molecule has 3 heterocycles. The lowest BCUT2D eigenvalue weighted by Crippen LogP contribution is -2.65. The summed E-state index contributed by atoms with van der Waals surface area (Å²) in [5, 5.41) is 98.8. The van der Waals surface area contributed by atoms with Crippen molar-refractivity contribution < 1.29 is 74.7 Å². The number of hydrogen-bond donors (Lipinski definition) is 10. The average Bonchev–Trinajstić information content (AvgIpc) is 2.80. The van der Waals surface area contributed by atoms with E-state index in [4.69, 9.17) is 23.7 Å². The van der Waals surface area contributed by atoms with E-state index in [1.165, 1.54) is 0 Å². The molecule has 14 atom stereocenters. The van der Waals surface area contributed by atoms with Crippen molar-refractivity contribution in [3.05, 3.63) is 0 Å². The Morgan fingerprint density at radius 2 is 1.06 bits per heavy atom.